The van der Waals surface area contributed by atoms with Crippen molar-refractivity contribution in [1.82, 2.24) is 4.98 Å². The summed E-state index contributed by atoms with van der Waals surface area (Å²) in [5.41, 5.74) is 1.46. The Hall–Kier alpha value is -0.890. The second-order valence-corrected chi connectivity index (χ2v) is 5.26. The number of quaternary nitrogens is 1. The van der Waals surface area contributed by atoms with Gasteiger partial charge in [-0.05, 0) is 37.3 Å². The number of hydrogen-bond acceptors (Lipinski definition) is 1. The first-order valence-electron chi connectivity index (χ1n) is 6.10. The first kappa shape index (κ1) is 9.34. The van der Waals surface area contributed by atoms with Crippen LogP contribution >= 0.6 is 0 Å². The molecule has 0 aromatic carbocycles. The Labute approximate surface area is 91.5 Å². The highest BCUT2D eigenvalue weighted by molar-refractivity contribution is 5.08. The van der Waals surface area contributed by atoms with Gasteiger partial charge in [-0.25, -0.2) is 0 Å². The minimum atomic E-state index is 1.06. The molecule has 0 spiro atoms. The van der Waals surface area contributed by atoms with E-state index in [1.807, 2.05) is 12.4 Å². The molecule has 0 N–H and O–H groups in total. The standard InChI is InChI=1S/C13H19N2/c1-6-14-7-2-13(1)11-15-8-3-12(4-9-15)5-10-15/h1-2,6-7,12H,3-5,8-11H2/q+1. The molecule has 4 heterocycles. The normalized spacial score (nSPS) is 34.3. The summed E-state index contributed by atoms with van der Waals surface area (Å²) in [6, 6.07) is 4.35. The summed E-state index contributed by atoms with van der Waals surface area (Å²) in [7, 11) is 0. The van der Waals surface area contributed by atoms with Gasteiger partial charge in [0, 0.05) is 18.0 Å². The van der Waals surface area contributed by atoms with E-state index in [1.165, 1.54) is 55.5 Å². The van der Waals surface area contributed by atoms with Crippen molar-refractivity contribution in [1.29, 1.82) is 0 Å². The van der Waals surface area contributed by atoms with E-state index in [9.17, 15) is 0 Å². The maximum atomic E-state index is 4.09. The average molecular weight is 203 g/mol. The van der Waals surface area contributed by atoms with E-state index in [2.05, 4.69) is 17.1 Å². The minimum absolute atomic E-state index is 1.06. The van der Waals surface area contributed by atoms with Crippen molar-refractivity contribution in [2.24, 2.45) is 5.92 Å². The predicted molar refractivity (Wildman–Crippen MR) is 60.1 cm³/mol. The molecule has 0 amide bonds. The predicted octanol–water partition coefficient (Wildman–Crippen LogP) is 2.21. The molecule has 0 unspecified atom stereocenters. The van der Waals surface area contributed by atoms with Gasteiger partial charge >= 0.3 is 0 Å². The molecule has 0 radical (unpaired) electrons. The van der Waals surface area contributed by atoms with Crippen LogP contribution in [0.5, 0.6) is 0 Å². The number of nitrogens with zero attached hydrogens (tertiary/aromatic N) is 2. The van der Waals surface area contributed by atoms with Crippen LogP contribution in [0.1, 0.15) is 24.8 Å². The van der Waals surface area contributed by atoms with Gasteiger partial charge in [-0.2, -0.15) is 0 Å². The van der Waals surface area contributed by atoms with Crippen LogP contribution in [-0.2, 0) is 6.54 Å². The first-order chi connectivity index (χ1) is 7.36. The topological polar surface area (TPSA) is 12.9 Å². The summed E-state index contributed by atoms with van der Waals surface area (Å²) in [5, 5.41) is 0. The lowest BCUT2D eigenvalue weighted by molar-refractivity contribution is -0.955. The number of rotatable bonds is 2. The molecular weight excluding hydrogens is 184 g/mol. The van der Waals surface area contributed by atoms with Crippen LogP contribution in [0.25, 0.3) is 0 Å². The van der Waals surface area contributed by atoms with Crippen LogP contribution in [0, 0.1) is 5.92 Å². The van der Waals surface area contributed by atoms with E-state index in [0.29, 0.717) is 0 Å². The van der Waals surface area contributed by atoms with E-state index < -0.39 is 0 Å². The van der Waals surface area contributed by atoms with Crippen molar-refractivity contribution in [2.75, 3.05) is 19.6 Å². The smallest absolute Gasteiger partial charge is 0.104 e. The van der Waals surface area contributed by atoms with Crippen molar-refractivity contribution in [3.8, 4) is 0 Å². The first-order valence-corrected chi connectivity index (χ1v) is 6.10. The lowest BCUT2D eigenvalue weighted by Gasteiger charge is -2.49. The molecule has 2 bridgehead atoms. The molecule has 15 heavy (non-hydrogen) atoms. The lowest BCUT2D eigenvalue weighted by atomic mass is 9.85. The van der Waals surface area contributed by atoms with E-state index in [0.717, 1.165) is 5.92 Å². The quantitative estimate of drug-likeness (QED) is 0.672. The maximum absolute atomic E-state index is 4.09. The Morgan fingerprint density at radius 2 is 1.67 bits per heavy atom. The van der Waals surface area contributed by atoms with Crippen LogP contribution < -0.4 is 0 Å². The molecule has 0 aliphatic carbocycles. The highest BCUT2D eigenvalue weighted by Gasteiger charge is 2.39. The Balaban J connectivity index is 1.76. The van der Waals surface area contributed by atoms with Crippen molar-refractivity contribution < 1.29 is 4.48 Å². The Morgan fingerprint density at radius 1 is 1.07 bits per heavy atom. The van der Waals surface area contributed by atoms with Gasteiger partial charge in [0.2, 0.25) is 0 Å². The molecule has 3 aliphatic rings. The molecule has 0 saturated carbocycles. The number of piperidine rings is 3. The zero-order chi connectivity index (χ0) is 10.1. The van der Waals surface area contributed by atoms with Gasteiger partial charge in [-0.3, -0.25) is 4.98 Å². The summed E-state index contributed by atoms with van der Waals surface area (Å²) >= 11 is 0. The molecule has 1 aromatic heterocycles. The molecule has 2 nitrogen and oxygen atoms in total. The number of hydrogen-bond donors (Lipinski definition) is 0. The fourth-order valence-corrected chi connectivity index (χ4v) is 3.25. The second kappa shape index (κ2) is 3.60. The molecule has 0 atom stereocenters. The lowest BCUT2D eigenvalue weighted by Crippen LogP contribution is -2.57. The third-order valence-corrected chi connectivity index (χ3v) is 4.30. The summed E-state index contributed by atoms with van der Waals surface area (Å²) < 4.78 is 1.35. The number of fused-ring (bicyclic) bond motifs is 3. The molecular formula is C13H19N2+. The molecule has 80 valence electrons. The highest BCUT2D eigenvalue weighted by Crippen LogP contribution is 2.34. The van der Waals surface area contributed by atoms with Gasteiger partial charge in [0.1, 0.15) is 6.54 Å². The third-order valence-electron chi connectivity index (χ3n) is 4.30. The summed E-state index contributed by atoms with van der Waals surface area (Å²) in [6.45, 7) is 5.46. The van der Waals surface area contributed by atoms with Gasteiger partial charge in [-0.1, -0.05) is 0 Å². The average Bonchev–Trinajstić information content (AvgIpc) is 2.32. The van der Waals surface area contributed by atoms with Crippen molar-refractivity contribution in [3.63, 3.8) is 0 Å². The van der Waals surface area contributed by atoms with Crippen LogP contribution in [0.4, 0.5) is 0 Å². The molecule has 3 aliphatic heterocycles. The highest BCUT2D eigenvalue weighted by atomic mass is 15.4. The Morgan fingerprint density at radius 3 is 2.27 bits per heavy atom. The Bertz CT molecular complexity index is 312. The monoisotopic (exact) mass is 203 g/mol. The fraction of sp³-hybridized carbons (Fsp3) is 0.615. The van der Waals surface area contributed by atoms with Gasteiger partial charge in [0.15, 0.2) is 0 Å². The Kier molecular flexibility index (Phi) is 2.24. The summed E-state index contributed by atoms with van der Waals surface area (Å²) in [5.74, 6) is 1.06. The largest absolute Gasteiger partial charge is 0.320 e. The van der Waals surface area contributed by atoms with Crippen molar-refractivity contribution in [3.05, 3.63) is 30.1 Å². The third kappa shape index (κ3) is 1.78. The van der Waals surface area contributed by atoms with Crippen molar-refractivity contribution >= 4 is 0 Å². The van der Waals surface area contributed by atoms with Crippen LogP contribution in [0.15, 0.2) is 24.5 Å². The van der Waals surface area contributed by atoms with Gasteiger partial charge in [0.25, 0.3) is 0 Å². The molecule has 3 saturated heterocycles. The second-order valence-electron chi connectivity index (χ2n) is 5.26. The van der Waals surface area contributed by atoms with E-state index in [4.69, 9.17) is 0 Å². The SMILES string of the molecule is c1cc(C[N+]23CCC(CC2)CC3)ccn1. The molecule has 1 aromatic rings. The van der Waals surface area contributed by atoms with Crippen LogP contribution in [0.3, 0.4) is 0 Å². The van der Waals surface area contributed by atoms with Crippen LogP contribution in [0.2, 0.25) is 0 Å². The van der Waals surface area contributed by atoms with Gasteiger partial charge in [-0.15, -0.1) is 0 Å². The van der Waals surface area contributed by atoms with Crippen LogP contribution in [-0.4, -0.2) is 29.1 Å². The molecule has 3 fully saturated rings. The van der Waals surface area contributed by atoms with Crippen molar-refractivity contribution in [2.45, 2.75) is 25.8 Å². The summed E-state index contributed by atoms with van der Waals surface area (Å²) in [4.78, 5) is 4.09. The zero-order valence-corrected chi connectivity index (χ0v) is 9.23. The van der Waals surface area contributed by atoms with Gasteiger partial charge in [0.05, 0.1) is 19.6 Å². The maximum Gasteiger partial charge on any atom is 0.104 e. The number of aromatic nitrogens is 1. The fourth-order valence-electron chi connectivity index (χ4n) is 3.25. The minimum Gasteiger partial charge on any atom is -0.320 e. The van der Waals surface area contributed by atoms with E-state index >= 15 is 0 Å². The van der Waals surface area contributed by atoms with E-state index in [1.54, 1.807) is 0 Å². The molecule has 4 rings (SSSR count). The summed E-state index contributed by atoms with van der Waals surface area (Å²) in [6.07, 6.45) is 8.23. The van der Waals surface area contributed by atoms with E-state index in [-0.39, 0.29) is 0 Å². The van der Waals surface area contributed by atoms with Gasteiger partial charge < -0.3 is 4.48 Å². The zero-order valence-electron chi connectivity index (χ0n) is 9.23. The molecule has 2 heteroatoms. The number of pyridine rings is 1.